The molecular formula is C9H10NO3S-. The third-order valence-corrected chi connectivity index (χ3v) is 2.51. The standard InChI is InChI=1S/C9H11NO3S/c1-7(11)10(2)8-4-3-5-9(6-8)14(12)13/h3-6H,1-2H3,(H,12,13)/p-1. The molecule has 0 radical (unpaired) electrons. The zero-order valence-corrected chi connectivity index (χ0v) is 8.71. The maximum absolute atomic E-state index is 11.0. The van der Waals surface area contributed by atoms with Gasteiger partial charge in [0.25, 0.3) is 0 Å². The summed E-state index contributed by atoms with van der Waals surface area (Å²) in [6, 6.07) is 6.20. The van der Waals surface area contributed by atoms with Gasteiger partial charge in [-0.3, -0.25) is 9.00 Å². The lowest BCUT2D eigenvalue weighted by Crippen LogP contribution is -2.22. The molecule has 1 aromatic rings. The van der Waals surface area contributed by atoms with E-state index in [-0.39, 0.29) is 10.8 Å². The third-order valence-electron chi connectivity index (χ3n) is 1.87. The van der Waals surface area contributed by atoms with Gasteiger partial charge in [-0.25, -0.2) is 0 Å². The van der Waals surface area contributed by atoms with Crippen molar-refractivity contribution in [1.82, 2.24) is 0 Å². The largest absolute Gasteiger partial charge is 0.768 e. The van der Waals surface area contributed by atoms with E-state index in [0.717, 1.165) is 0 Å². The Labute approximate surface area is 84.8 Å². The number of benzene rings is 1. The summed E-state index contributed by atoms with van der Waals surface area (Å²) in [6.07, 6.45) is 0. The van der Waals surface area contributed by atoms with E-state index >= 15 is 0 Å². The maximum atomic E-state index is 11.0. The van der Waals surface area contributed by atoms with Crippen LogP contribution in [0.25, 0.3) is 0 Å². The minimum Gasteiger partial charge on any atom is -0.768 e. The SMILES string of the molecule is CC(=O)N(C)c1cccc(S(=O)[O-])c1. The number of rotatable bonds is 2. The molecule has 0 spiro atoms. The summed E-state index contributed by atoms with van der Waals surface area (Å²) in [5.41, 5.74) is 0.569. The highest BCUT2D eigenvalue weighted by Crippen LogP contribution is 2.16. The highest BCUT2D eigenvalue weighted by atomic mass is 32.2. The Bertz CT molecular complexity index is 378. The number of anilines is 1. The van der Waals surface area contributed by atoms with Gasteiger partial charge in [0.2, 0.25) is 5.91 Å². The summed E-state index contributed by atoms with van der Waals surface area (Å²) in [7, 11) is 1.59. The molecule has 76 valence electrons. The average molecular weight is 212 g/mol. The van der Waals surface area contributed by atoms with Gasteiger partial charge in [0, 0.05) is 24.6 Å². The minimum atomic E-state index is -2.26. The Morgan fingerprint density at radius 3 is 2.64 bits per heavy atom. The Hall–Kier alpha value is -1.20. The first kappa shape index (κ1) is 10.9. The van der Waals surface area contributed by atoms with Crippen LogP contribution in [-0.2, 0) is 15.9 Å². The van der Waals surface area contributed by atoms with Gasteiger partial charge in [0.15, 0.2) is 0 Å². The Morgan fingerprint density at radius 1 is 1.50 bits per heavy atom. The molecule has 5 heteroatoms. The Balaban J connectivity index is 3.05. The van der Waals surface area contributed by atoms with Crippen LogP contribution in [0, 0.1) is 0 Å². The first-order chi connectivity index (χ1) is 6.52. The van der Waals surface area contributed by atoms with Gasteiger partial charge in [0.1, 0.15) is 0 Å². The van der Waals surface area contributed by atoms with E-state index in [0.29, 0.717) is 5.69 Å². The van der Waals surface area contributed by atoms with Crippen LogP contribution >= 0.6 is 0 Å². The van der Waals surface area contributed by atoms with Crippen molar-refractivity contribution in [2.45, 2.75) is 11.8 Å². The van der Waals surface area contributed by atoms with Gasteiger partial charge in [-0.1, -0.05) is 6.07 Å². The summed E-state index contributed by atoms with van der Waals surface area (Å²) >= 11 is -2.26. The normalized spacial score (nSPS) is 12.2. The van der Waals surface area contributed by atoms with Crippen molar-refractivity contribution in [1.29, 1.82) is 0 Å². The Morgan fingerprint density at radius 2 is 2.14 bits per heavy atom. The minimum absolute atomic E-state index is 0.140. The summed E-state index contributed by atoms with van der Waals surface area (Å²) in [5.74, 6) is -0.140. The molecule has 1 amide bonds. The third kappa shape index (κ3) is 2.40. The van der Waals surface area contributed by atoms with E-state index in [9.17, 15) is 13.6 Å². The fourth-order valence-corrected chi connectivity index (χ4v) is 1.38. The molecule has 0 aliphatic rings. The molecule has 0 heterocycles. The fourth-order valence-electron chi connectivity index (χ4n) is 0.978. The van der Waals surface area contributed by atoms with E-state index < -0.39 is 11.1 Å². The van der Waals surface area contributed by atoms with Crippen LogP contribution < -0.4 is 4.90 Å². The monoisotopic (exact) mass is 212 g/mol. The van der Waals surface area contributed by atoms with Crippen molar-refractivity contribution in [3.05, 3.63) is 24.3 Å². The van der Waals surface area contributed by atoms with Gasteiger partial charge in [-0.05, 0) is 29.3 Å². The summed E-state index contributed by atoms with van der Waals surface area (Å²) in [5, 5.41) is 0. The number of carbonyl (C=O) groups excluding carboxylic acids is 1. The molecule has 0 aliphatic heterocycles. The summed E-state index contributed by atoms with van der Waals surface area (Å²) < 4.78 is 21.3. The fraction of sp³-hybridized carbons (Fsp3) is 0.222. The molecular weight excluding hydrogens is 202 g/mol. The molecule has 0 fully saturated rings. The van der Waals surface area contributed by atoms with Crippen molar-refractivity contribution in [2.75, 3.05) is 11.9 Å². The van der Waals surface area contributed by atoms with Crippen LogP contribution in [0.15, 0.2) is 29.2 Å². The second kappa shape index (κ2) is 4.34. The van der Waals surface area contributed by atoms with E-state index in [1.807, 2.05) is 0 Å². The zero-order valence-electron chi connectivity index (χ0n) is 7.89. The molecule has 14 heavy (non-hydrogen) atoms. The molecule has 1 unspecified atom stereocenters. The maximum Gasteiger partial charge on any atom is 0.223 e. The van der Waals surface area contributed by atoms with Crippen molar-refractivity contribution in [2.24, 2.45) is 0 Å². The number of carbonyl (C=O) groups is 1. The van der Waals surface area contributed by atoms with E-state index in [2.05, 4.69) is 0 Å². The highest BCUT2D eigenvalue weighted by molar-refractivity contribution is 7.79. The Kier molecular flexibility index (Phi) is 3.38. The highest BCUT2D eigenvalue weighted by Gasteiger charge is 2.05. The van der Waals surface area contributed by atoms with Gasteiger partial charge in [-0.15, -0.1) is 0 Å². The van der Waals surface area contributed by atoms with Crippen molar-refractivity contribution >= 4 is 22.7 Å². The topological polar surface area (TPSA) is 60.4 Å². The summed E-state index contributed by atoms with van der Waals surface area (Å²) in [6.45, 7) is 1.42. The first-order valence-electron chi connectivity index (χ1n) is 3.96. The number of hydrogen-bond donors (Lipinski definition) is 0. The van der Waals surface area contributed by atoms with Gasteiger partial charge >= 0.3 is 0 Å². The average Bonchev–Trinajstić information content (AvgIpc) is 2.16. The van der Waals surface area contributed by atoms with Crippen molar-refractivity contribution < 1.29 is 13.6 Å². The predicted molar refractivity (Wildman–Crippen MR) is 52.7 cm³/mol. The molecule has 0 N–H and O–H groups in total. The van der Waals surface area contributed by atoms with E-state index in [4.69, 9.17) is 0 Å². The van der Waals surface area contributed by atoms with Gasteiger partial charge < -0.3 is 9.45 Å². The molecule has 0 aliphatic carbocycles. The molecule has 1 rings (SSSR count). The van der Waals surface area contributed by atoms with Crippen LogP contribution in [0.1, 0.15) is 6.92 Å². The van der Waals surface area contributed by atoms with Crippen molar-refractivity contribution in [3.8, 4) is 0 Å². The van der Waals surface area contributed by atoms with E-state index in [1.54, 1.807) is 19.2 Å². The molecule has 1 atom stereocenters. The van der Waals surface area contributed by atoms with E-state index in [1.165, 1.54) is 24.0 Å². The second-order valence-corrected chi connectivity index (χ2v) is 3.75. The molecule has 0 saturated carbocycles. The first-order valence-corrected chi connectivity index (χ1v) is 5.03. The van der Waals surface area contributed by atoms with Crippen LogP contribution in [-0.4, -0.2) is 21.7 Å². The quantitative estimate of drug-likeness (QED) is 0.684. The lowest BCUT2D eigenvalue weighted by Gasteiger charge is -2.16. The van der Waals surface area contributed by atoms with Crippen molar-refractivity contribution in [3.63, 3.8) is 0 Å². The lowest BCUT2D eigenvalue weighted by molar-refractivity contribution is -0.116. The number of nitrogens with zero attached hydrogens (tertiary/aromatic N) is 1. The van der Waals surface area contributed by atoms with Crippen LogP contribution in [0.2, 0.25) is 0 Å². The molecule has 0 saturated heterocycles. The molecule has 4 nitrogen and oxygen atoms in total. The van der Waals surface area contributed by atoms with Gasteiger partial charge in [0.05, 0.1) is 0 Å². The molecule has 0 bridgehead atoms. The summed E-state index contributed by atoms with van der Waals surface area (Å²) in [4.78, 5) is 12.6. The molecule has 0 aromatic heterocycles. The van der Waals surface area contributed by atoms with Crippen LogP contribution in [0.3, 0.4) is 0 Å². The molecule has 1 aromatic carbocycles. The second-order valence-electron chi connectivity index (χ2n) is 2.81. The number of hydrogen-bond acceptors (Lipinski definition) is 3. The van der Waals surface area contributed by atoms with Gasteiger partial charge in [-0.2, -0.15) is 0 Å². The van der Waals surface area contributed by atoms with Crippen LogP contribution in [0.4, 0.5) is 5.69 Å². The number of amides is 1. The zero-order chi connectivity index (χ0) is 10.7. The predicted octanol–water partition coefficient (Wildman–Crippen LogP) is 0.907. The van der Waals surface area contributed by atoms with Crippen LogP contribution in [0.5, 0.6) is 0 Å². The lowest BCUT2D eigenvalue weighted by atomic mass is 10.3. The smallest absolute Gasteiger partial charge is 0.223 e.